The van der Waals surface area contributed by atoms with E-state index in [1.807, 2.05) is 61.3 Å². The molecule has 1 aromatic heterocycles. The van der Waals surface area contributed by atoms with Gasteiger partial charge in [-0.05, 0) is 31.5 Å². The lowest BCUT2D eigenvalue weighted by molar-refractivity contribution is -0.135. The van der Waals surface area contributed by atoms with Crippen molar-refractivity contribution in [1.82, 2.24) is 14.4 Å². The zero-order valence-corrected chi connectivity index (χ0v) is 15.5. The van der Waals surface area contributed by atoms with E-state index in [9.17, 15) is 9.59 Å². The third kappa shape index (κ3) is 3.45. The highest BCUT2D eigenvalue weighted by Gasteiger charge is 2.33. The number of fused-ring (bicyclic) bond motifs is 1. The molecule has 0 unspecified atom stereocenters. The molecule has 0 saturated carbocycles. The number of nitrogens with zero attached hydrogens (tertiary/aromatic N) is 3. The van der Waals surface area contributed by atoms with Crippen molar-refractivity contribution in [3.8, 4) is 0 Å². The summed E-state index contributed by atoms with van der Waals surface area (Å²) in [6.45, 7) is 5.11. The Bertz CT molecular complexity index is 770. The summed E-state index contributed by atoms with van der Waals surface area (Å²) >= 11 is 0. The average Bonchev–Trinajstić information content (AvgIpc) is 3.13. The second kappa shape index (κ2) is 7.64. The third-order valence-corrected chi connectivity index (χ3v) is 4.81. The standard InChI is InChI=1S/C20H25N3O3/c1-15(2)23(20(25)26-3)14-18(24)22-13-12-21-11-7-10-17(21)19(22)16-8-5-4-6-9-16/h4-11,15,19H,12-14H2,1-3H3/t19-/m1/s1. The van der Waals surface area contributed by atoms with Crippen LogP contribution in [0.1, 0.15) is 31.1 Å². The van der Waals surface area contributed by atoms with E-state index in [0.717, 1.165) is 17.8 Å². The van der Waals surface area contributed by atoms with E-state index in [0.29, 0.717) is 6.54 Å². The Kier molecular flexibility index (Phi) is 5.30. The largest absolute Gasteiger partial charge is 0.453 e. The maximum absolute atomic E-state index is 13.1. The second-order valence-electron chi connectivity index (χ2n) is 6.72. The van der Waals surface area contributed by atoms with E-state index in [1.165, 1.54) is 12.0 Å². The lowest BCUT2D eigenvalue weighted by atomic mass is 10.00. The summed E-state index contributed by atoms with van der Waals surface area (Å²) in [5.74, 6) is -0.0783. The molecular weight excluding hydrogens is 330 g/mol. The molecule has 0 N–H and O–H groups in total. The fourth-order valence-corrected chi connectivity index (χ4v) is 3.45. The van der Waals surface area contributed by atoms with Crippen molar-refractivity contribution in [2.24, 2.45) is 0 Å². The van der Waals surface area contributed by atoms with E-state index >= 15 is 0 Å². The molecule has 1 aliphatic rings. The fraction of sp³-hybridized carbons (Fsp3) is 0.400. The number of carbonyl (C=O) groups excluding carboxylic acids is 2. The fourth-order valence-electron chi connectivity index (χ4n) is 3.45. The van der Waals surface area contributed by atoms with Crippen LogP contribution in [-0.2, 0) is 16.1 Å². The monoisotopic (exact) mass is 355 g/mol. The zero-order chi connectivity index (χ0) is 18.7. The van der Waals surface area contributed by atoms with E-state index in [-0.39, 0.29) is 24.5 Å². The van der Waals surface area contributed by atoms with Crippen LogP contribution < -0.4 is 0 Å². The van der Waals surface area contributed by atoms with Gasteiger partial charge in [0.05, 0.1) is 13.2 Å². The van der Waals surface area contributed by atoms with Gasteiger partial charge in [-0.2, -0.15) is 0 Å². The van der Waals surface area contributed by atoms with Crippen LogP contribution in [0.15, 0.2) is 48.7 Å². The van der Waals surface area contributed by atoms with Gasteiger partial charge in [-0.15, -0.1) is 0 Å². The molecule has 2 heterocycles. The summed E-state index contributed by atoms with van der Waals surface area (Å²) in [7, 11) is 1.34. The first kappa shape index (κ1) is 18.0. The SMILES string of the molecule is COC(=O)N(CC(=O)N1CCn2cccc2[C@H]1c1ccccc1)C(C)C. The van der Waals surface area contributed by atoms with Gasteiger partial charge in [0.2, 0.25) is 5.91 Å². The molecule has 0 bridgehead atoms. The maximum atomic E-state index is 13.1. The number of aromatic nitrogens is 1. The lowest BCUT2D eigenvalue weighted by Crippen LogP contribution is -2.49. The Hall–Kier alpha value is -2.76. The minimum Gasteiger partial charge on any atom is -0.453 e. The van der Waals surface area contributed by atoms with Gasteiger partial charge in [-0.3, -0.25) is 9.69 Å². The van der Waals surface area contributed by atoms with E-state index in [2.05, 4.69) is 10.6 Å². The van der Waals surface area contributed by atoms with E-state index in [1.54, 1.807) is 0 Å². The number of methoxy groups -OCH3 is 1. The van der Waals surface area contributed by atoms with E-state index in [4.69, 9.17) is 4.74 Å². The molecule has 2 aromatic rings. The predicted octanol–water partition coefficient (Wildman–Crippen LogP) is 2.90. The zero-order valence-electron chi connectivity index (χ0n) is 15.5. The molecular formula is C20H25N3O3. The van der Waals surface area contributed by atoms with Crippen LogP contribution in [0.4, 0.5) is 4.79 Å². The summed E-state index contributed by atoms with van der Waals surface area (Å²) in [6.07, 6.45) is 1.56. The molecule has 0 fully saturated rings. The molecule has 0 radical (unpaired) electrons. The number of carbonyl (C=O) groups is 2. The Balaban J connectivity index is 1.90. The molecule has 0 saturated heterocycles. The molecule has 0 aliphatic carbocycles. The number of hydrogen-bond acceptors (Lipinski definition) is 3. The first-order valence-corrected chi connectivity index (χ1v) is 8.87. The van der Waals surface area contributed by atoms with Crippen LogP contribution >= 0.6 is 0 Å². The second-order valence-corrected chi connectivity index (χ2v) is 6.72. The molecule has 138 valence electrons. The number of amides is 2. The number of hydrogen-bond donors (Lipinski definition) is 0. The van der Waals surface area contributed by atoms with Crippen molar-refractivity contribution < 1.29 is 14.3 Å². The number of benzene rings is 1. The molecule has 1 aliphatic heterocycles. The summed E-state index contributed by atoms with van der Waals surface area (Å²) in [6, 6.07) is 13.8. The molecule has 3 rings (SSSR count). The van der Waals surface area contributed by atoms with Crippen LogP contribution in [-0.4, -0.2) is 52.6 Å². The van der Waals surface area contributed by atoms with Gasteiger partial charge in [0.1, 0.15) is 6.54 Å². The van der Waals surface area contributed by atoms with Crippen molar-refractivity contribution in [2.75, 3.05) is 20.2 Å². The lowest BCUT2D eigenvalue weighted by Gasteiger charge is -2.38. The molecule has 1 atom stereocenters. The minimum absolute atomic E-state index is 0.00832. The van der Waals surface area contributed by atoms with Gasteiger partial charge >= 0.3 is 6.09 Å². The molecule has 6 heteroatoms. The van der Waals surface area contributed by atoms with Crippen LogP contribution in [0.3, 0.4) is 0 Å². The molecule has 26 heavy (non-hydrogen) atoms. The summed E-state index contributed by atoms with van der Waals surface area (Å²) in [4.78, 5) is 28.4. The highest BCUT2D eigenvalue weighted by molar-refractivity contribution is 5.83. The molecule has 1 aromatic carbocycles. The van der Waals surface area contributed by atoms with Crippen LogP contribution in [0.25, 0.3) is 0 Å². The predicted molar refractivity (Wildman–Crippen MR) is 98.7 cm³/mol. The Morgan fingerprint density at radius 2 is 1.88 bits per heavy atom. The third-order valence-electron chi connectivity index (χ3n) is 4.81. The number of ether oxygens (including phenoxy) is 1. The summed E-state index contributed by atoms with van der Waals surface area (Å²) < 4.78 is 7.01. The Morgan fingerprint density at radius 3 is 2.54 bits per heavy atom. The molecule has 6 nitrogen and oxygen atoms in total. The van der Waals surface area contributed by atoms with Crippen molar-refractivity contribution in [2.45, 2.75) is 32.5 Å². The van der Waals surface area contributed by atoms with Gasteiger partial charge < -0.3 is 14.2 Å². The van der Waals surface area contributed by atoms with Crippen molar-refractivity contribution in [3.63, 3.8) is 0 Å². The molecule has 2 amide bonds. The number of rotatable bonds is 4. The van der Waals surface area contributed by atoms with Gasteiger partial charge in [0.15, 0.2) is 0 Å². The van der Waals surface area contributed by atoms with Gasteiger partial charge in [0.25, 0.3) is 0 Å². The van der Waals surface area contributed by atoms with Crippen LogP contribution in [0, 0.1) is 0 Å². The smallest absolute Gasteiger partial charge is 0.410 e. The van der Waals surface area contributed by atoms with E-state index < -0.39 is 6.09 Å². The highest BCUT2D eigenvalue weighted by Crippen LogP contribution is 2.32. The normalized spacial score (nSPS) is 16.3. The van der Waals surface area contributed by atoms with Crippen molar-refractivity contribution in [3.05, 3.63) is 59.9 Å². The summed E-state index contributed by atoms with van der Waals surface area (Å²) in [5.41, 5.74) is 2.15. The van der Waals surface area contributed by atoms with Crippen LogP contribution in [0.5, 0.6) is 0 Å². The van der Waals surface area contributed by atoms with Crippen LogP contribution in [0.2, 0.25) is 0 Å². The Morgan fingerprint density at radius 1 is 1.15 bits per heavy atom. The quantitative estimate of drug-likeness (QED) is 0.847. The Labute approximate surface area is 154 Å². The average molecular weight is 355 g/mol. The minimum atomic E-state index is -0.481. The first-order chi connectivity index (χ1) is 12.5. The van der Waals surface area contributed by atoms with Gasteiger partial charge in [-0.25, -0.2) is 4.79 Å². The maximum Gasteiger partial charge on any atom is 0.410 e. The van der Waals surface area contributed by atoms with Crippen molar-refractivity contribution in [1.29, 1.82) is 0 Å². The molecule has 0 spiro atoms. The van der Waals surface area contributed by atoms with Gasteiger partial charge in [-0.1, -0.05) is 30.3 Å². The van der Waals surface area contributed by atoms with Crippen molar-refractivity contribution >= 4 is 12.0 Å². The highest BCUT2D eigenvalue weighted by atomic mass is 16.5. The first-order valence-electron chi connectivity index (χ1n) is 8.87. The summed E-state index contributed by atoms with van der Waals surface area (Å²) in [5, 5.41) is 0. The van der Waals surface area contributed by atoms with Gasteiger partial charge in [0, 0.05) is 31.0 Å². The topological polar surface area (TPSA) is 54.8 Å².